The van der Waals surface area contributed by atoms with Crippen molar-refractivity contribution in [1.82, 2.24) is 19.4 Å². The average molecular weight is 419 g/mol. The smallest absolute Gasteiger partial charge is 0.272 e. The molecule has 1 fully saturated rings. The number of aromatic nitrogens is 3. The molecule has 1 atom stereocenters. The van der Waals surface area contributed by atoms with Gasteiger partial charge in [-0.1, -0.05) is 30.3 Å². The summed E-state index contributed by atoms with van der Waals surface area (Å²) >= 11 is 1.36. The summed E-state index contributed by atoms with van der Waals surface area (Å²) in [7, 11) is 0. The number of thiophene rings is 1. The SMILES string of the molecule is Cc1cc(C)c2c(n1)sc1c(=O)n([C@@H](C(=O)N3CCCC3)c3ccccc3)cnc12. The van der Waals surface area contributed by atoms with Crippen LogP contribution in [-0.4, -0.2) is 38.4 Å². The molecule has 0 bridgehead atoms. The third-order valence-corrected chi connectivity index (χ3v) is 6.81. The van der Waals surface area contributed by atoms with Crippen LogP contribution in [0.5, 0.6) is 0 Å². The van der Waals surface area contributed by atoms with Gasteiger partial charge in [-0.2, -0.15) is 0 Å². The molecule has 7 heteroatoms. The molecule has 1 amide bonds. The zero-order chi connectivity index (χ0) is 20.8. The van der Waals surface area contributed by atoms with Crippen molar-refractivity contribution in [3.05, 3.63) is 69.9 Å². The lowest BCUT2D eigenvalue weighted by atomic mass is 10.1. The maximum Gasteiger partial charge on any atom is 0.272 e. The Labute approximate surface area is 177 Å². The van der Waals surface area contributed by atoms with Crippen LogP contribution in [0.4, 0.5) is 0 Å². The standard InChI is InChI=1S/C23H22N4O2S/c1-14-12-15(2)25-21-17(14)18-20(30-21)23(29)27(13-24-18)19(16-8-4-3-5-9-16)22(28)26-10-6-7-11-26/h3-5,8-9,12-13,19H,6-7,10-11H2,1-2H3/t19-/m1/s1. The zero-order valence-corrected chi connectivity index (χ0v) is 17.8. The minimum atomic E-state index is -0.713. The second-order valence-corrected chi connectivity index (χ2v) is 8.84. The molecule has 1 aliphatic rings. The predicted octanol–water partition coefficient (Wildman–Crippen LogP) is 3.83. The summed E-state index contributed by atoms with van der Waals surface area (Å²) in [6.07, 6.45) is 3.53. The first-order chi connectivity index (χ1) is 14.5. The van der Waals surface area contributed by atoms with Crippen molar-refractivity contribution in [1.29, 1.82) is 0 Å². The number of benzene rings is 1. The van der Waals surface area contributed by atoms with Crippen LogP contribution in [0.15, 0.2) is 47.5 Å². The number of likely N-dealkylation sites (tertiary alicyclic amines) is 1. The van der Waals surface area contributed by atoms with E-state index < -0.39 is 6.04 Å². The lowest BCUT2D eigenvalue weighted by Gasteiger charge is -2.25. The van der Waals surface area contributed by atoms with E-state index in [0.29, 0.717) is 10.2 Å². The summed E-state index contributed by atoms with van der Waals surface area (Å²) in [6.45, 7) is 5.43. The molecule has 0 aliphatic carbocycles. The van der Waals surface area contributed by atoms with Crippen LogP contribution in [-0.2, 0) is 4.79 Å². The number of hydrogen-bond acceptors (Lipinski definition) is 5. The van der Waals surface area contributed by atoms with Gasteiger partial charge in [0.15, 0.2) is 0 Å². The minimum Gasteiger partial charge on any atom is -0.341 e. The number of carbonyl (C=O) groups is 1. The Hall–Kier alpha value is -3.06. The highest BCUT2D eigenvalue weighted by Gasteiger charge is 2.31. The number of pyridine rings is 1. The van der Waals surface area contributed by atoms with Crippen LogP contribution in [0.2, 0.25) is 0 Å². The fourth-order valence-electron chi connectivity index (χ4n) is 4.33. The van der Waals surface area contributed by atoms with Gasteiger partial charge >= 0.3 is 0 Å². The second-order valence-electron chi connectivity index (χ2n) is 7.84. The van der Waals surface area contributed by atoms with E-state index in [9.17, 15) is 9.59 Å². The van der Waals surface area contributed by atoms with Crippen LogP contribution in [0.1, 0.15) is 35.7 Å². The molecule has 0 spiro atoms. The first-order valence-corrected chi connectivity index (χ1v) is 11.0. The Bertz CT molecular complexity index is 1320. The Morgan fingerprint density at radius 2 is 1.87 bits per heavy atom. The molecule has 1 saturated heterocycles. The third kappa shape index (κ3) is 3.01. The molecule has 1 aliphatic heterocycles. The number of amides is 1. The van der Waals surface area contributed by atoms with Crippen molar-refractivity contribution >= 4 is 37.7 Å². The lowest BCUT2D eigenvalue weighted by molar-refractivity contribution is -0.132. The first kappa shape index (κ1) is 18.9. The normalized spacial score (nSPS) is 15.2. The Balaban J connectivity index is 1.73. The molecule has 0 unspecified atom stereocenters. The average Bonchev–Trinajstić information content (AvgIpc) is 3.39. The van der Waals surface area contributed by atoms with Crippen LogP contribution in [0.25, 0.3) is 20.4 Å². The second kappa shape index (κ2) is 7.32. The fraction of sp³-hybridized carbons (Fsp3) is 0.304. The van der Waals surface area contributed by atoms with E-state index >= 15 is 0 Å². The number of aryl methyl sites for hydroxylation is 2. The van der Waals surface area contributed by atoms with E-state index in [1.807, 2.05) is 55.1 Å². The Kier molecular flexibility index (Phi) is 4.62. The van der Waals surface area contributed by atoms with Crippen LogP contribution in [0.3, 0.4) is 0 Å². The van der Waals surface area contributed by atoms with Crippen LogP contribution >= 0.6 is 11.3 Å². The van der Waals surface area contributed by atoms with Crippen molar-refractivity contribution in [3.8, 4) is 0 Å². The zero-order valence-electron chi connectivity index (χ0n) is 17.0. The summed E-state index contributed by atoms with van der Waals surface area (Å²) in [6, 6.07) is 10.8. The number of fused-ring (bicyclic) bond motifs is 3. The number of carbonyl (C=O) groups excluding carboxylic acids is 1. The topological polar surface area (TPSA) is 68.1 Å². The van der Waals surface area contributed by atoms with Gasteiger partial charge in [0.2, 0.25) is 5.91 Å². The molecule has 0 saturated carbocycles. The summed E-state index contributed by atoms with van der Waals surface area (Å²) in [4.78, 5) is 38.9. The maximum absolute atomic E-state index is 13.6. The molecule has 1 aromatic carbocycles. The molecule has 3 aromatic heterocycles. The first-order valence-electron chi connectivity index (χ1n) is 10.2. The highest BCUT2D eigenvalue weighted by atomic mass is 32.1. The van der Waals surface area contributed by atoms with Crippen molar-refractivity contribution < 1.29 is 4.79 Å². The van der Waals surface area contributed by atoms with E-state index in [2.05, 4.69) is 9.97 Å². The maximum atomic E-state index is 13.6. The van der Waals surface area contributed by atoms with E-state index in [0.717, 1.165) is 53.0 Å². The van der Waals surface area contributed by atoms with Gasteiger partial charge in [-0.15, -0.1) is 11.3 Å². The molecule has 5 rings (SSSR count). The van der Waals surface area contributed by atoms with Crippen molar-refractivity contribution in [3.63, 3.8) is 0 Å². The van der Waals surface area contributed by atoms with Gasteiger partial charge in [0, 0.05) is 24.2 Å². The number of nitrogens with zero attached hydrogens (tertiary/aromatic N) is 4. The summed E-state index contributed by atoms with van der Waals surface area (Å²) in [5.41, 5.74) is 3.24. The van der Waals surface area contributed by atoms with Gasteiger partial charge in [0.05, 0.1) is 11.8 Å². The quantitative estimate of drug-likeness (QED) is 0.507. The van der Waals surface area contributed by atoms with Crippen LogP contribution in [0, 0.1) is 13.8 Å². The van der Waals surface area contributed by atoms with Gasteiger partial charge in [-0.25, -0.2) is 9.97 Å². The van der Waals surface area contributed by atoms with E-state index in [-0.39, 0.29) is 11.5 Å². The molecule has 30 heavy (non-hydrogen) atoms. The molecule has 4 aromatic rings. The predicted molar refractivity (Wildman–Crippen MR) is 119 cm³/mol. The molecule has 6 nitrogen and oxygen atoms in total. The van der Waals surface area contributed by atoms with Crippen LogP contribution < -0.4 is 5.56 Å². The van der Waals surface area contributed by atoms with Crippen molar-refractivity contribution in [2.75, 3.05) is 13.1 Å². The highest BCUT2D eigenvalue weighted by Crippen LogP contribution is 2.32. The Morgan fingerprint density at radius 3 is 2.60 bits per heavy atom. The summed E-state index contributed by atoms with van der Waals surface area (Å²) in [5, 5.41) is 0.923. The highest BCUT2D eigenvalue weighted by molar-refractivity contribution is 7.25. The van der Waals surface area contributed by atoms with Gasteiger partial charge in [0.1, 0.15) is 15.6 Å². The molecule has 4 heterocycles. The monoisotopic (exact) mass is 418 g/mol. The summed E-state index contributed by atoms with van der Waals surface area (Å²) < 4.78 is 2.04. The largest absolute Gasteiger partial charge is 0.341 e. The van der Waals surface area contributed by atoms with E-state index in [4.69, 9.17) is 0 Å². The molecular formula is C23H22N4O2S. The Morgan fingerprint density at radius 1 is 1.13 bits per heavy atom. The third-order valence-electron chi connectivity index (χ3n) is 5.75. The van der Waals surface area contributed by atoms with Crippen molar-refractivity contribution in [2.24, 2.45) is 0 Å². The van der Waals surface area contributed by atoms with Gasteiger partial charge in [-0.05, 0) is 43.9 Å². The van der Waals surface area contributed by atoms with Crippen molar-refractivity contribution in [2.45, 2.75) is 32.7 Å². The number of hydrogen-bond donors (Lipinski definition) is 0. The minimum absolute atomic E-state index is 0.0480. The van der Waals surface area contributed by atoms with Gasteiger partial charge < -0.3 is 4.90 Å². The molecule has 152 valence electrons. The fourth-order valence-corrected chi connectivity index (χ4v) is 5.52. The molecule has 0 radical (unpaired) electrons. The van der Waals surface area contributed by atoms with Gasteiger partial charge in [-0.3, -0.25) is 14.2 Å². The van der Waals surface area contributed by atoms with Gasteiger partial charge in [0.25, 0.3) is 5.56 Å². The molecular weight excluding hydrogens is 396 g/mol. The molecule has 0 N–H and O–H groups in total. The number of rotatable bonds is 3. The summed E-state index contributed by atoms with van der Waals surface area (Å²) in [5.74, 6) is -0.0480. The van der Waals surface area contributed by atoms with E-state index in [1.165, 1.54) is 22.2 Å². The lowest BCUT2D eigenvalue weighted by Crippen LogP contribution is -2.39. The van der Waals surface area contributed by atoms with E-state index in [1.54, 1.807) is 0 Å².